The normalized spacial score (nSPS) is 20.7. The lowest BCUT2D eigenvalue weighted by Crippen LogP contribution is -2.41. The summed E-state index contributed by atoms with van der Waals surface area (Å²) in [5, 5.41) is 3.09. The highest BCUT2D eigenvalue weighted by molar-refractivity contribution is 7.13. The molecule has 13 heteroatoms. The molecule has 1 aliphatic carbocycles. The van der Waals surface area contributed by atoms with Crippen LogP contribution in [0.1, 0.15) is 60.1 Å². The Balaban J connectivity index is 1.22. The number of nitrogens with one attached hydrogen (secondary N) is 1. The van der Waals surface area contributed by atoms with Gasteiger partial charge in [0.15, 0.2) is 6.61 Å². The van der Waals surface area contributed by atoms with Gasteiger partial charge in [-0.1, -0.05) is 17.4 Å². The second-order valence-corrected chi connectivity index (χ2v) is 11.2. The molecule has 2 aromatic heterocycles. The summed E-state index contributed by atoms with van der Waals surface area (Å²) >= 11 is 1.33. The minimum absolute atomic E-state index is 0.158. The largest absolute Gasteiger partial charge is 0.464 e. The second kappa shape index (κ2) is 11.7. The van der Waals surface area contributed by atoms with Gasteiger partial charge in [0.2, 0.25) is 0 Å². The van der Waals surface area contributed by atoms with E-state index in [1.807, 2.05) is 0 Å². The monoisotopic (exact) mass is 562 g/mol. The SMILES string of the molecule is CC(F)(F)COc1nc2c(s1)CCN(CC[C@H]1CC[C@H](NC(=O)c3cccc(=O)n3CC(F)(F)F)CC1)C2. The Morgan fingerprint density at radius 1 is 1.18 bits per heavy atom. The van der Waals surface area contributed by atoms with Crippen molar-refractivity contribution in [2.45, 2.75) is 76.7 Å². The number of halogens is 5. The molecule has 0 aromatic carbocycles. The zero-order valence-corrected chi connectivity index (χ0v) is 21.8. The molecule has 210 valence electrons. The van der Waals surface area contributed by atoms with Crippen molar-refractivity contribution in [3.8, 4) is 5.19 Å². The fraction of sp³-hybridized carbons (Fsp3) is 0.640. The number of rotatable bonds is 9. The first-order valence-electron chi connectivity index (χ1n) is 12.7. The standard InChI is InChI=1S/C25H31F5N4O3S/c1-24(26,27)15-37-23-32-18-13-33(12-10-20(18)38-23)11-9-16-5-7-17(8-6-16)31-22(36)19-3-2-4-21(35)34(19)14-25(28,29)30/h2-4,16-17H,5-15H2,1H3,(H,31,36)/t16-,17-. The fourth-order valence-electron chi connectivity index (χ4n) is 4.95. The van der Waals surface area contributed by atoms with Gasteiger partial charge in [-0.2, -0.15) is 13.2 Å². The van der Waals surface area contributed by atoms with Gasteiger partial charge >= 0.3 is 6.18 Å². The molecule has 1 fully saturated rings. The van der Waals surface area contributed by atoms with Gasteiger partial charge in [-0.3, -0.25) is 19.1 Å². The van der Waals surface area contributed by atoms with Gasteiger partial charge in [0.25, 0.3) is 22.6 Å². The Morgan fingerprint density at radius 2 is 1.92 bits per heavy atom. The molecule has 1 aliphatic heterocycles. The van der Waals surface area contributed by atoms with Crippen LogP contribution in [0, 0.1) is 5.92 Å². The number of fused-ring (bicyclic) bond motifs is 1. The Kier molecular flexibility index (Phi) is 8.75. The first-order chi connectivity index (χ1) is 17.9. The van der Waals surface area contributed by atoms with Crippen LogP contribution in [0.2, 0.25) is 0 Å². The topological polar surface area (TPSA) is 76.5 Å². The van der Waals surface area contributed by atoms with Gasteiger partial charge in [-0.05, 0) is 57.1 Å². The average Bonchev–Trinajstić information content (AvgIpc) is 3.25. The number of ether oxygens (including phenoxy) is 1. The summed E-state index contributed by atoms with van der Waals surface area (Å²) in [6.45, 7) is 0.995. The number of amides is 1. The zero-order valence-electron chi connectivity index (χ0n) is 21.0. The number of aromatic nitrogens is 2. The lowest BCUT2D eigenvalue weighted by Gasteiger charge is -2.32. The van der Waals surface area contributed by atoms with Crippen LogP contribution in [0.5, 0.6) is 5.19 Å². The molecule has 1 amide bonds. The number of hydrogen-bond acceptors (Lipinski definition) is 6. The van der Waals surface area contributed by atoms with Crippen LogP contribution >= 0.6 is 11.3 Å². The van der Waals surface area contributed by atoms with Gasteiger partial charge < -0.3 is 10.1 Å². The van der Waals surface area contributed by atoms with Gasteiger partial charge in [-0.25, -0.2) is 13.8 Å². The molecule has 0 spiro atoms. The van der Waals surface area contributed by atoms with E-state index in [4.69, 9.17) is 4.74 Å². The third-order valence-corrected chi connectivity index (χ3v) is 7.96. The van der Waals surface area contributed by atoms with Crippen LogP contribution in [-0.4, -0.2) is 58.2 Å². The van der Waals surface area contributed by atoms with Crippen molar-refractivity contribution in [1.82, 2.24) is 19.8 Å². The maximum atomic E-state index is 13.1. The van der Waals surface area contributed by atoms with Crippen LogP contribution in [0.15, 0.2) is 23.0 Å². The summed E-state index contributed by atoms with van der Waals surface area (Å²) in [7, 11) is 0. The Bertz CT molecular complexity index is 1170. The van der Waals surface area contributed by atoms with Crippen molar-refractivity contribution >= 4 is 17.2 Å². The molecule has 0 radical (unpaired) electrons. The summed E-state index contributed by atoms with van der Waals surface area (Å²) in [6, 6.07) is 3.36. The minimum atomic E-state index is -4.61. The summed E-state index contributed by atoms with van der Waals surface area (Å²) in [4.78, 5) is 32.4. The zero-order chi connectivity index (χ0) is 27.5. The quantitative estimate of drug-likeness (QED) is 0.451. The average molecular weight is 563 g/mol. The smallest absolute Gasteiger partial charge is 0.406 e. The predicted molar refractivity (Wildman–Crippen MR) is 132 cm³/mol. The molecule has 4 rings (SSSR count). The molecule has 1 N–H and O–H groups in total. The number of carbonyl (C=O) groups is 1. The number of pyridine rings is 1. The summed E-state index contributed by atoms with van der Waals surface area (Å²) in [6.07, 6.45) is 0.349. The summed E-state index contributed by atoms with van der Waals surface area (Å²) in [5.74, 6) is -3.11. The molecule has 0 bridgehead atoms. The Hall–Kier alpha value is -2.54. The van der Waals surface area contributed by atoms with E-state index in [2.05, 4.69) is 15.2 Å². The van der Waals surface area contributed by atoms with Crippen molar-refractivity contribution in [3.05, 3.63) is 44.8 Å². The third-order valence-electron chi connectivity index (χ3n) is 6.89. The first kappa shape index (κ1) is 28.5. The molecule has 38 heavy (non-hydrogen) atoms. The highest BCUT2D eigenvalue weighted by atomic mass is 32.1. The highest BCUT2D eigenvalue weighted by Gasteiger charge is 2.31. The van der Waals surface area contributed by atoms with Crippen molar-refractivity contribution in [2.75, 3.05) is 19.7 Å². The van der Waals surface area contributed by atoms with Crippen LogP contribution in [-0.2, 0) is 19.5 Å². The van der Waals surface area contributed by atoms with E-state index in [0.717, 1.165) is 62.3 Å². The van der Waals surface area contributed by atoms with E-state index in [0.29, 0.717) is 29.9 Å². The van der Waals surface area contributed by atoms with E-state index >= 15 is 0 Å². The van der Waals surface area contributed by atoms with Crippen molar-refractivity contribution in [1.29, 1.82) is 0 Å². The van der Waals surface area contributed by atoms with Crippen LogP contribution < -0.4 is 15.6 Å². The lowest BCUT2D eigenvalue weighted by molar-refractivity contribution is -0.141. The molecule has 0 unspecified atom stereocenters. The van der Waals surface area contributed by atoms with E-state index in [9.17, 15) is 31.5 Å². The van der Waals surface area contributed by atoms with Crippen molar-refractivity contribution < 1.29 is 31.5 Å². The van der Waals surface area contributed by atoms with Crippen molar-refractivity contribution in [2.24, 2.45) is 5.92 Å². The van der Waals surface area contributed by atoms with Crippen molar-refractivity contribution in [3.63, 3.8) is 0 Å². The Morgan fingerprint density at radius 3 is 2.61 bits per heavy atom. The number of nitrogens with zero attached hydrogens (tertiary/aromatic N) is 3. The molecule has 0 saturated heterocycles. The van der Waals surface area contributed by atoms with E-state index < -0.39 is 36.7 Å². The minimum Gasteiger partial charge on any atom is -0.464 e. The molecule has 7 nitrogen and oxygen atoms in total. The molecule has 2 aromatic rings. The van der Waals surface area contributed by atoms with E-state index in [-0.39, 0.29) is 16.9 Å². The molecular weight excluding hydrogens is 531 g/mol. The number of carbonyl (C=O) groups excluding carboxylic acids is 1. The molecule has 2 aliphatic rings. The second-order valence-electron chi connectivity index (χ2n) is 10.2. The molecule has 1 saturated carbocycles. The fourth-order valence-corrected chi connectivity index (χ4v) is 5.86. The summed E-state index contributed by atoms with van der Waals surface area (Å²) < 4.78 is 70.4. The Labute approximate surface area is 221 Å². The maximum absolute atomic E-state index is 13.1. The predicted octanol–water partition coefficient (Wildman–Crippen LogP) is 4.64. The van der Waals surface area contributed by atoms with E-state index in [1.54, 1.807) is 0 Å². The number of thiazole rings is 1. The molecule has 3 heterocycles. The van der Waals surface area contributed by atoms with Crippen LogP contribution in [0.25, 0.3) is 0 Å². The lowest BCUT2D eigenvalue weighted by atomic mass is 9.84. The van der Waals surface area contributed by atoms with Crippen LogP contribution in [0.3, 0.4) is 0 Å². The number of hydrogen-bond donors (Lipinski definition) is 1. The van der Waals surface area contributed by atoms with Gasteiger partial charge in [0, 0.05) is 37.0 Å². The maximum Gasteiger partial charge on any atom is 0.406 e. The van der Waals surface area contributed by atoms with Gasteiger partial charge in [0.05, 0.1) is 5.69 Å². The first-order valence-corrected chi connectivity index (χ1v) is 13.5. The summed E-state index contributed by atoms with van der Waals surface area (Å²) in [5.41, 5.74) is -0.278. The molecule has 0 atom stereocenters. The molecular formula is C25H31F5N4O3S. The van der Waals surface area contributed by atoms with Gasteiger partial charge in [-0.15, -0.1) is 0 Å². The van der Waals surface area contributed by atoms with Gasteiger partial charge in [0.1, 0.15) is 12.2 Å². The highest BCUT2D eigenvalue weighted by Crippen LogP contribution is 2.32. The van der Waals surface area contributed by atoms with Crippen LogP contribution in [0.4, 0.5) is 22.0 Å². The third kappa shape index (κ3) is 7.98. The van der Waals surface area contributed by atoms with E-state index in [1.165, 1.54) is 23.5 Å². The number of alkyl halides is 5.